The van der Waals surface area contributed by atoms with Crippen LogP contribution in [0.2, 0.25) is 0 Å². The fourth-order valence-electron chi connectivity index (χ4n) is 1.71. The van der Waals surface area contributed by atoms with Crippen LogP contribution in [0.4, 0.5) is 0 Å². The second kappa shape index (κ2) is 6.72. The first-order valence-corrected chi connectivity index (χ1v) is 7.47. The molecule has 0 atom stereocenters. The maximum Gasteiger partial charge on any atom is 0.161 e. The average molecular weight is 292 g/mol. The van der Waals surface area contributed by atoms with Gasteiger partial charge in [0.15, 0.2) is 11.5 Å². The fourth-order valence-corrected chi connectivity index (χ4v) is 2.54. The first-order valence-electron chi connectivity index (χ1n) is 6.59. The van der Waals surface area contributed by atoms with Crippen molar-refractivity contribution >= 4 is 11.3 Å². The smallest absolute Gasteiger partial charge is 0.161 e. The monoisotopic (exact) mass is 292 g/mol. The van der Waals surface area contributed by atoms with Crippen LogP contribution >= 0.6 is 11.3 Å². The van der Waals surface area contributed by atoms with Crippen LogP contribution in [0.1, 0.15) is 19.5 Å². The Morgan fingerprint density at radius 3 is 2.70 bits per heavy atom. The highest BCUT2D eigenvalue weighted by Gasteiger charge is 2.10. The normalized spacial score (nSPS) is 10.8. The Balaban J connectivity index is 2.24. The largest absolute Gasteiger partial charge is 0.493 e. The Bertz CT molecular complexity index is 567. The third kappa shape index (κ3) is 3.49. The molecule has 0 fully saturated rings. The van der Waals surface area contributed by atoms with Crippen molar-refractivity contribution in [2.75, 3.05) is 13.7 Å². The second-order valence-electron chi connectivity index (χ2n) is 4.92. The molecule has 0 saturated carbocycles. The first kappa shape index (κ1) is 14.8. The van der Waals surface area contributed by atoms with E-state index in [0.717, 1.165) is 27.8 Å². The highest BCUT2D eigenvalue weighted by atomic mass is 32.1. The van der Waals surface area contributed by atoms with Gasteiger partial charge in [-0.1, -0.05) is 13.8 Å². The quantitative estimate of drug-likeness (QED) is 0.887. The molecular weight excluding hydrogens is 272 g/mol. The zero-order chi connectivity index (χ0) is 14.5. The summed E-state index contributed by atoms with van der Waals surface area (Å²) in [6.07, 6.45) is 0. The molecule has 0 aliphatic carbocycles. The lowest BCUT2D eigenvalue weighted by Crippen LogP contribution is -2.05. The van der Waals surface area contributed by atoms with Crippen molar-refractivity contribution in [3.05, 3.63) is 29.3 Å². The van der Waals surface area contributed by atoms with Crippen LogP contribution < -0.4 is 15.2 Å². The van der Waals surface area contributed by atoms with E-state index < -0.39 is 0 Å². The number of nitrogens with zero attached hydrogens (tertiary/aromatic N) is 1. The standard InChI is InChI=1S/C15H20N2O2S/c1-10(2)8-19-13-5-4-11(6-14(13)18-3)15-17-12(7-16)9-20-15/h4-6,9-10H,7-8,16H2,1-3H3. The minimum Gasteiger partial charge on any atom is -0.493 e. The molecule has 2 N–H and O–H groups in total. The topological polar surface area (TPSA) is 57.4 Å². The number of hydrogen-bond acceptors (Lipinski definition) is 5. The number of aromatic nitrogens is 1. The van der Waals surface area contributed by atoms with E-state index in [1.165, 1.54) is 0 Å². The van der Waals surface area contributed by atoms with Crippen molar-refractivity contribution < 1.29 is 9.47 Å². The van der Waals surface area contributed by atoms with E-state index in [0.29, 0.717) is 19.1 Å². The molecular formula is C15H20N2O2S. The lowest BCUT2D eigenvalue weighted by Gasteiger charge is -2.13. The zero-order valence-electron chi connectivity index (χ0n) is 12.1. The molecule has 2 aromatic rings. The van der Waals surface area contributed by atoms with Gasteiger partial charge >= 0.3 is 0 Å². The fraction of sp³-hybridized carbons (Fsp3) is 0.400. The minimum atomic E-state index is 0.462. The Hall–Kier alpha value is -1.59. The molecule has 4 nitrogen and oxygen atoms in total. The van der Waals surface area contributed by atoms with Gasteiger partial charge in [0, 0.05) is 17.5 Å². The first-order chi connectivity index (χ1) is 9.63. The van der Waals surface area contributed by atoms with Crippen LogP contribution in [0.5, 0.6) is 11.5 Å². The molecule has 0 spiro atoms. The van der Waals surface area contributed by atoms with Crippen molar-refractivity contribution in [1.82, 2.24) is 4.98 Å². The Morgan fingerprint density at radius 1 is 1.30 bits per heavy atom. The van der Waals surface area contributed by atoms with E-state index in [1.54, 1.807) is 18.4 Å². The lowest BCUT2D eigenvalue weighted by molar-refractivity contribution is 0.257. The van der Waals surface area contributed by atoms with Crippen molar-refractivity contribution in [3.63, 3.8) is 0 Å². The van der Waals surface area contributed by atoms with Gasteiger partial charge in [0.05, 0.1) is 19.4 Å². The van der Waals surface area contributed by atoms with Gasteiger partial charge in [-0.2, -0.15) is 0 Å². The Morgan fingerprint density at radius 2 is 2.10 bits per heavy atom. The molecule has 108 valence electrons. The molecule has 0 saturated heterocycles. The van der Waals surface area contributed by atoms with E-state index in [9.17, 15) is 0 Å². The van der Waals surface area contributed by atoms with Crippen molar-refractivity contribution in [2.45, 2.75) is 20.4 Å². The Labute approximate surface area is 123 Å². The predicted octanol–water partition coefficient (Wildman–Crippen LogP) is 3.31. The van der Waals surface area contributed by atoms with Crippen molar-refractivity contribution in [3.8, 4) is 22.1 Å². The summed E-state index contributed by atoms with van der Waals surface area (Å²) in [5, 5.41) is 2.92. The molecule has 20 heavy (non-hydrogen) atoms. The van der Waals surface area contributed by atoms with E-state index in [1.807, 2.05) is 23.6 Å². The summed E-state index contributed by atoms with van der Waals surface area (Å²) >= 11 is 1.58. The second-order valence-corrected chi connectivity index (χ2v) is 5.78. The minimum absolute atomic E-state index is 0.462. The number of ether oxygens (including phenoxy) is 2. The van der Waals surface area contributed by atoms with Crippen LogP contribution in [0.15, 0.2) is 23.6 Å². The maximum absolute atomic E-state index is 5.74. The highest BCUT2D eigenvalue weighted by molar-refractivity contribution is 7.13. The van der Waals surface area contributed by atoms with Gasteiger partial charge in [-0.25, -0.2) is 4.98 Å². The molecule has 0 radical (unpaired) electrons. The number of thiazole rings is 1. The van der Waals surface area contributed by atoms with Crippen LogP contribution in [0, 0.1) is 5.92 Å². The van der Waals surface area contributed by atoms with E-state index in [4.69, 9.17) is 15.2 Å². The third-order valence-electron chi connectivity index (χ3n) is 2.74. The highest BCUT2D eigenvalue weighted by Crippen LogP contribution is 2.33. The molecule has 5 heteroatoms. The number of methoxy groups -OCH3 is 1. The SMILES string of the molecule is COc1cc(-c2nc(CN)cs2)ccc1OCC(C)C. The van der Waals surface area contributed by atoms with Crippen LogP contribution in [0.25, 0.3) is 10.6 Å². The van der Waals surface area contributed by atoms with E-state index in [2.05, 4.69) is 18.8 Å². The summed E-state index contributed by atoms with van der Waals surface area (Å²) < 4.78 is 11.1. The van der Waals surface area contributed by atoms with E-state index >= 15 is 0 Å². The maximum atomic E-state index is 5.74. The Kier molecular flexibility index (Phi) is 4.98. The van der Waals surface area contributed by atoms with Crippen LogP contribution in [-0.2, 0) is 6.54 Å². The summed E-state index contributed by atoms with van der Waals surface area (Å²) in [6.45, 7) is 5.36. The summed E-state index contributed by atoms with van der Waals surface area (Å²) in [6, 6.07) is 5.88. The number of rotatable bonds is 6. The molecule has 0 unspecified atom stereocenters. The number of nitrogens with two attached hydrogens (primary N) is 1. The van der Waals surface area contributed by atoms with E-state index in [-0.39, 0.29) is 0 Å². The summed E-state index contributed by atoms with van der Waals surface area (Å²) in [4.78, 5) is 4.48. The molecule has 1 heterocycles. The number of hydrogen-bond donors (Lipinski definition) is 1. The molecule has 1 aromatic carbocycles. The lowest BCUT2D eigenvalue weighted by atomic mass is 10.2. The number of benzene rings is 1. The van der Waals surface area contributed by atoms with Gasteiger partial charge in [-0.3, -0.25) is 0 Å². The average Bonchev–Trinajstić information content (AvgIpc) is 2.93. The molecule has 0 amide bonds. The molecule has 0 bridgehead atoms. The van der Waals surface area contributed by atoms with Crippen LogP contribution in [0.3, 0.4) is 0 Å². The predicted molar refractivity (Wildman–Crippen MR) is 82.3 cm³/mol. The van der Waals surface area contributed by atoms with Gasteiger partial charge in [0.25, 0.3) is 0 Å². The van der Waals surface area contributed by atoms with Gasteiger partial charge in [0.2, 0.25) is 0 Å². The molecule has 1 aromatic heterocycles. The van der Waals surface area contributed by atoms with Gasteiger partial charge in [0.1, 0.15) is 5.01 Å². The zero-order valence-corrected chi connectivity index (χ0v) is 12.9. The third-order valence-corrected chi connectivity index (χ3v) is 3.68. The van der Waals surface area contributed by atoms with Gasteiger partial charge in [-0.05, 0) is 24.1 Å². The summed E-state index contributed by atoms with van der Waals surface area (Å²) in [5.41, 5.74) is 7.51. The molecule has 0 aliphatic rings. The van der Waals surface area contributed by atoms with Gasteiger partial charge in [-0.15, -0.1) is 11.3 Å². The molecule has 0 aliphatic heterocycles. The van der Waals surface area contributed by atoms with Gasteiger partial charge < -0.3 is 15.2 Å². The van der Waals surface area contributed by atoms with Crippen molar-refractivity contribution in [2.24, 2.45) is 11.7 Å². The van der Waals surface area contributed by atoms with Crippen LogP contribution in [-0.4, -0.2) is 18.7 Å². The summed E-state index contributed by atoms with van der Waals surface area (Å²) in [7, 11) is 1.65. The van der Waals surface area contributed by atoms with Crippen molar-refractivity contribution in [1.29, 1.82) is 0 Å². The molecule has 2 rings (SSSR count). The summed E-state index contributed by atoms with van der Waals surface area (Å²) in [5.74, 6) is 1.97.